The van der Waals surface area contributed by atoms with Crippen LogP contribution in [0, 0.1) is 0 Å². The van der Waals surface area contributed by atoms with Crippen molar-refractivity contribution in [1.29, 1.82) is 0 Å². The van der Waals surface area contributed by atoms with Gasteiger partial charge in [-0.1, -0.05) is 6.08 Å². The molecule has 2 rings (SSSR count). The van der Waals surface area contributed by atoms with E-state index in [1.54, 1.807) is 6.07 Å². The number of nitrogens with one attached hydrogen (secondary N) is 1. The lowest BCUT2D eigenvalue weighted by molar-refractivity contribution is -0.304. The van der Waals surface area contributed by atoms with Gasteiger partial charge in [-0.3, -0.25) is 4.79 Å². The highest BCUT2D eigenvalue weighted by molar-refractivity contribution is 5.94. The summed E-state index contributed by atoms with van der Waals surface area (Å²) in [4.78, 5) is 32.5. The zero-order valence-electron chi connectivity index (χ0n) is 10.5. The van der Waals surface area contributed by atoms with Crippen molar-refractivity contribution in [3.8, 4) is 0 Å². The van der Waals surface area contributed by atoms with E-state index in [1.807, 2.05) is 0 Å². The molecule has 1 heterocycles. The van der Waals surface area contributed by atoms with Crippen LogP contribution >= 0.6 is 0 Å². The van der Waals surface area contributed by atoms with Crippen molar-refractivity contribution in [2.24, 2.45) is 0 Å². The SMILES string of the molecule is O=C([O-])/C=C/c1cc2c(cc1CC(=O)[O-])NC(=O)CC2. The van der Waals surface area contributed by atoms with Crippen LogP contribution in [-0.4, -0.2) is 17.8 Å². The highest BCUT2D eigenvalue weighted by Gasteiger charge is 2.16. The fourth-order valence-electron chi connectivity index (χ4n) is 2.11. The lowest BCUT2D eigenvalue weighted by Gasteiger charge is -2.20. The van der Waals surface area contributed by atoms with Crippen molar-refractivity contribution >= 4 is 29.6 Å². The molecule has 1 aliphatic heterocycles. The first kappa shape index (κ1) is 13.8. The van der Waals surface area contributed by atoms with Gasteiger partial charge in [-0.15, -0.1) is 0 Å². The Bertz CT molecular complexity index is 618. The molecule has 0 fully saturated rings. The smallest absolute Gasteiger partial charge is 0.224 e. The largest absolute Gasteiger partial charge is 0.550 e. The third-order valence-electron chi connectivity index (χ3n) is 2.99. The Kier molecular flexibility index (Phi) is 3.84. The number of carbonyl (C=O) groups is 3. The van der Waals surface area contributed by atoms with Crippen LogP contribution in [0.2, 0.25) is 0 Å². The molecule has 0 spiro atoms. The molecule has 0 aliphatic carbocycles. The molecule has 0 aromatic heterocycles. The van der Waals surface area contributed by atoms with Gasteiger partial charge >= 0.3 is 0 Å². The monoisotopic (exact) mass is 273 g/mol. The Hall–Kier alpha value is -2.63. The molecule has 1 aliphatic rings. The molecule has 1 N–H and O–H groups in total. The van der Waals surface area contributed by atoms with Crippen LogP contribution in [0.4, 0.5) is 5.69 Å². The first-order chi connectivity index (χ1) is 9.45. The van der Waals surface area contributed by atoms with Crippen molar-refractivity contribution in [2.45, 2.75) is 19.3 Å². The average Bonchev–Trinajstić information content (AvgIpc) is 2.35. The van der Waals surface area contributed by atoms with Crippen LogP contribution in [-0.2, 0) is 27.2 Å². The third kappa shape index (κ3) is 3.23. The summed E-state index contributed by atoms with van der Waals surface area (Å²) in [6.07, 6.45) is 2.62. The maximum Gasteiger partial charge on any atom is 0.224 e. The average molecular weight is 273 g/mol. The quantitative estimate of drug-likeness (QED) is 0.680. The normalized spacial score (nSPS) is 13.9. The summed E-state index contributed by atoms with van der Waals surface area (Å²) in [5.74, 6) is -2.78. The second kappa shape index (κ2) is 5.56. The summed E-state index contributed by atoms with van der Waals surface area (Å²) in [6, 6.07) is 3.21. The van der Waals surface area contributed by atoms with Crippen LogP contribution in [0.5, 0.6) is 0 Å². The zero-order valence-corrected chi connectivity index (χ0v) is 10.5. The Morgan fingerprint density at radius 3 is 2.65 bits per heavy atom. The van der Waals surface area contributed by atoms with E-state index >= 15 is 0 Å². The van der Waals surface area contributed by atoms with E-state index in [0.717, 1.165) is 11.6 Å². The third-order valence-corrected chi connectivity index (χ3v) is 2.99. The summed E-state index contributed by atoms with van der Waals surface area (Å²) < 4.78 is 0. The van der Waals surface area contributed by atoms with Gasteiger partial charge < -0.3 is 25.1 Å². The Morgan fingerprint density at radius 2 is 2.00 bits per heavy atom. The lowest BCUT2D eigenvalue weighted by atomic mass is 9.94. The summed E-state index contributed by atoms with van der Waals surface area (Å²) in [6.45, 7) is 0. The Morgan fingerprint density at radius 1 is 1.25 bits per heavy atom. The maximum absolute atomic E-state index is 11.3. The molecule has 20 heavy (non-hydrogen) atoms. The van der Waals surface area contributed by atoms with E-state index in [9.17, 15) is 24.6 Å². The number of anilines is 1. The van der Waals surface area contributed by atoms with Gasteiger partial charge in [0.2, 0.25) is 5.91 Å². The topological polar surface area (TPSA) is 109 Å². The van der Waals surface area contributed by atoms with Gasteiger partial charge in [-0.25, -0.2) is 0 Å². The molecule has 0 unspecified atom stereocenters. The van der Waals surface area contributed by atoms with Gasteiger partial charge in [-0.2, -0.15) is 0 Å². The number of carboxylic acids is 2. The fourth-order valence-corrected chi connectivity index (χ4v) is 2.11. The molecule has 0 saturated carbocycles. The van der Waals surface area contributed by atoms with Crippen molar-refractivity contribution in [3.05, 3.63) is 34.9 Å². The minimum atomic E-state index is -1.37. The minimum absolute atomic E-state index is 0.130. The molecule has 104 valence electrons. The number of aryl methyl sites for hydroxylation is 1. The number of hydrogen-bond acceptors (Lipinski definition) is 5. The van der Waals surface area contributed by atoms with E-state index in [1.165, 1.54) is 12.1 Å². The Labute approximate surface area is 114 Å². The molecular formula is C14H11NO5-2. The molecule has 1 aromatic rings. The number of fused-ring (bicyclic) bond motifs is 1. The standard InChI is InChI=1S/C14H13NO5/c16-12-3-1-9-5-8(2-4-13(17)18)10(7-14(19)20)6-11(9)15-12/h2,4-6H,1,3,7H2,(H,15,16)(H,17,18)(H,19,20)/p-2/b4-2+. The van der Waals surface area contributed by atoms with Crippen LogP contribution in [0.15, 0.2) is 18.2 Å². The first-order valence-electron chi connectivity index (χ1n) is 6.00. The second-order valence-electron chi connectivity index (χ2n) is 4.46. The number of benzene rings is 1. The van der Waals surface area contributed by atoms with Gasteiger partial charge in [0, 0.05) is 24.5 Å². The molecule has 0 radical (unpaired) electrons. The molecule has 0 atom stereocenters. The predicted octanol–water partition coefficient (Wildman–Crippen LogP) is -1.37. The van der Waals surface area contributed by atoms with Crippen LogP contribution in [0.25, 0.3) is 6.08 Å². The summed E-state index contributed by atoms with van der Waals surface area (Å²) >= 11 is 0. The highest BCUT2D eigenvalue weighted by atomic mass is 16.4. The van der Waals surface area contributed by atoms with Crippen molar-refractivity contribution in [1.82, 2.24) is 0 Å². The number of amides is 1. The zero-order chi connectivity index (χ0) is 14.7. The molecular weight excluding hydrogens is 262 g/mol. The molecule has 1 aromatic carbocycles. The van der Waals surface area contributed by atoms with E-state index < -0.39 is 11.9 Å². The summed E-state index contributed by atoms with van der Waals surface area (Å²) in [5.41, 5.74) is 2.24. The first-order valence-corrected chi connectivity index (χ1v) is 6.00. The molecule has 6 nitrogen and oxygen atoms in total. The van der Waals surface area contributed by atoms with Crippen molar-refractivity contribution in [3.63, 3.8) is 0 Å². The summed E-state index contributed by atoms with van der Waals surface area (Å²) in [7, 11) is 0. The molecule has 6 heteroatoms. The lowest BCUT2D eigenvalue weighted by Crippen LogP contribution is -2.25. The maximum atomic E-state index is 11.3. The van der Waals surface area contributed by atoms with Gasteiger partial charge in [0.15, 0.2) is 0 Å². The molecule has 0 saturated heterocycles. The van der Waals surface area contributed by atoms with Crippen molar-refractivity contribution in [2.75, 3.05) is 5.32 Å². The number of rotatable bonds is 4. The predicted molar refractivity (Wildman–Crippen MR) is 66.1 cm³/mol. The van der Waals surface area contributed by atoms with Gasteiger partial charge in [0.05, 0.1) is 5.97 Å². The number of aliphatic carboxylic acids is 2. The minimum Gasteiger partial charge on any atom is -0.550 e. The second-order valence-corrected chi connectivity index (χ2v) is 4.46. The van der Waals surface area contributed by atoms with E-state index in [4.69, 9.17) is 0 Å². The van der Waals surface area contributed by atoms with Crippen LogP contribution in [0.3, 0.4) is 0 Å². The molecule has 0 bridgehead atoms. The van der Waals surface area contributed by atoms with Crippen LogP contribution in [0.1, 0.15) is 23.1 Å². The number of hydrogen-bond donors (Lipinski definition) is 1. The summed E-state index contributed by atoms with van der Waals surface area (Å²) in [5, 5.41) is 23.9. The van der Waals surface area contributed by atoms with Crippen molar-refractivity contribution < 1.29 is 24.6 Å². The highest BCUT2D eigenvalue weighted by Crippen LogP contribution is 2.27. The van der Waals surface area contributed by atoms with Crippen LogP contribution < -0.4 is 15.5 Å². The number of carbonyl (C=O) groups excluding carboxylic acids is 3. The van der Waals surface area contributed by atoms with Gasteiger partial charge in [-0.05, 0) is 41.3 Å². The fraction of sp³-hybridized carbons (Fsp3) is 0.214. The van der Waals surface area contributed by atoms with E-state index in [-0.39, 0.29) is 12.3 Å². The molecule has 1 amide bonds. The van der Waals surface area contributed by atoms with Gasteiger partial charge in [0.1, 0.15) is 0 Å². The van der Waals surface area contributed by atoms with E-state index in [2.05, 4.69) is 5.32 Å². The van der Waals surface area contributed by atoms with E-state index in [0.29, 0.717) is 29.7 Å². The van der Waals surface area contributed by atoms with Gasteiger partial charge in [0.25, 0.3) is 0 Å². The number of carboxylic acid groups (broad SMARTS) is 2. The Balaban J connectivity index is 2.45.